The average Bonchev–Trinajstić information content (AvgIpc) is 3.11. The van der Waals surface area contributed by atoms with Gasteiger partial charge >= 0.3 is 6.03 Å². The number of carbonyl (C=O) groups excluding carboxylic acids is 1. The minimum atomic E-state index is -3.46. The number of rotatable bonds is 6. The third kappa shape index (κ3) is 5.26. The molecule has 0 aliphatic carbocycles. The van der Waals surface area contributed by atoms with Gasteiger partial charge in [0.1, 0.15) is 23.6 Å². The van der Waals surface area contributed by atoms with Crippen molar-refractivity contribution in [3.63, 3.8) is 0 Å². The first-order valence-electron chi connectivity index (χ1n) is 10.9. The molecule has 2 aromatic heterocycles. The second-order valence-electron chi connectivity index (χ2n) is 8.73. The highest BCUT2D eigenvalue weighted by molar-refractivity contribution is 5.89. The van der Waals surface area contributed by atoms with Crippen molar-refractivity contribution in [1.82, 2.24) is 19.7 Å². The first-order chi connectivity index (χ1) is 16.9. The van der Waals surface area contributed by atoms with Gasteiger partial charge in [-0.3, -0.25) is 9.67 Å². The number of amides is 2. The van der Waals surface area contributed by atoms with Crippen LogP contribution in [-0.4, -0.2) is 62.6 Å². The van der Waals surface area contributed by atoms with Crippen LogP contribution in [0.25, 0.3) is 0 Å². The van der Waals surface area contributed by atoms with Crippen molar-refractivity contribution in [1.29, 1.82) is 0 Å². The zero-order chi connectivity index (χ0) is 26.3. The molecule has 0 bridgehead atoms. The molecule has 2 aromatic rings. The molecule has 36 heavy (non-hydrogen) atoms. The second-order valence-corrected chi connectivity index (χ2v) is 8.73. The van der Waals surface area contributed by atoms with Crippen molar-refractivity contribution in [3.05, 3.63) is 40.7 Å². The van der Waals surface area contributed by atoms with Crippen molar-refractivity contribution in [2.75, 3.05) is 25.1 Å². The highest BCUT2D eigenvalue weighted by atomic mass is 19.3. The molecule has 2 aliphatic rings. The number of pyridine rings is 1. The fourth-order valence-electron chi connectivity index (χ4n) is 4.35. The number of carbonyl (C=O) groups is 1. The van der Waals surface area contributed by atoms with Gasteiger partial charge in [-0.25, -0.2) is 26.7 Å². The van der Waals surface area contributed by atoms with Crippen LogP contribution in [0.3, 0.4) is 0 Å². The smallest absolute Gasteiger partial charge is 0.322 e. The Kier molecular flexibility index (Phi) is 7.14. The van der Waals surface area contributed by atoms with E-state index in [1.165, 1.54) is 0 Å². The summed E-state index contributed by atoms with van der Waals surface area (Å²) in [5, 5.41) is 17.1. The predicted molar refractivity (Wildman–Crippen MR) is 109 cm³/mol. The van der Waals surface area contributed by atoms with E-state index in [-0.39, 0.29) is 30.8 Å². The zero-order valence-corrected chi connectivity index (χ0v) is 18.7. The topological polar surface area (TPSA) is 92.5 Å². The highest BCUT2D eigenvalue weighted by Gasteiger charge is 2.47. The Morgan fingerprint density at radius 2 is 2.00 bits per heavy atom. The van der Waals surface area contributed by atoms with Crippen LogP contribution in [0.15, 0.2) is 12.3 Å². The number of alkyl halides is 6. The summed E-state index contributed by atoms with van der Waals surface area (Å²) < 4.78 is 101. The fourth-order valence-corrected chi connectivity index (χ4v) is 4.35. The molecule has 2 aliphatic heterocycles. The van der Waals surface area contributed by atoms with Crippen molar-refractivity contribution in [2.45, 2.75) is 56.7 Å². The second kappa shape index (κ2) is 9.84. The molecule has 0 aromatic carbocycles. The van der Waals surface area contributed by atoms with Gasteiger partial charge in [0.05, 0.1) is 31.1 Å². The maximum Gasteiger partial charge on any atom is 0.322 e. The standard InChI is InChI=1S/C21H22F7N5O3/c22-14(23)8-36-10-20(35)3-4-21(27,28)17-11-7-32(6-2-12(11)31-33(17)9-20)19(34)30-13-1-5-29-16(15(13)24)18(25)26/h1,5,14,18,35H,2-4,6-10H2,(H,29,30,34). The van der Waals surface area contributed by atoms with E-state index < -0.39 is 85.9 Å². The maximum atomic E-state index is 15.1. The summed E-state index contributed by atoms with van der Waals surface area (Å²) in [6.45, 7) is -2.30. The molecule has 1 atom stereocenters. The molecule has 0 saturated carbocycles. The van der Waals surface area contributed by atoms with Crippen LogP contribution in [0.1, 0.15) is 41.9 Å². The summed E-state index contributed by atoms with van der Waals surface area (Å²) in [4.78, 5) is 17.1. The van der Waals surface area contributed by atoms with Crippen LogP contribution in [0.4, 0.5) is 41.2 Å². The van der Waals surface area contributed by atoms with Crippen LogP contribution in [0.2, 0.25) is 0 Å². The minimum absolute atomic E-state index is 0.0109. The summed E-state index contributed by atoms with van der Waals surface area (Å²) in [6, 6.07) is 0.0886. The molecule has 1 unspecified atom stereocenters. The Hall–Kier alpha value is -2.94. The molecule has 0 spiro atoms. The molecular formula is C21H22F7N5O3. The quantitative estimate of drug-likeness (QED) is 0.560. The van der Waals surface area contributed by atoms with Crippen LogP contribution in [0, 0.1) is 5.82 Å². The molecule has 4 rings (SSSR count). The summed E-state index contributed by atoms with van der Waals surface area (Å²) in [6.07, 6.45) is -6.29. The third-order valence-corrected chi connectivity index (χ3v) is 6.06. The maximum absolute atomic E-state index is 15.1. The lowest BCUT2D eigenvalue weighted by Crippen LogP contribution is -2.40. The first-order valence-corrected chi connectivity index (χ1v) is 10.9. The third-order valence-electron chi connectivity index (χ3n) is 6.06. The Morgan fingerprint density at radius 3 is 2.69 bits per heavy atom. The summed E-state index contributed by atoms with van der Waals surface area (Å²) in [5.74, 6) is -4.87. The van der Waals surface area contributed by atoms with E-state index in [1.54, 1.807) is 0 Å². The minimum Gasteiger partial charge on any atom is -0.386 e. The van der Waals surface area contributed by atoms with Crippen molar-refractivity contribution < 1.29 is 45.4 Å². The van der Waals surface area contributed by atoms with Crippen LogP contribution >= 0.6 is 0 Å². The largest absolute Gasteiger partial charge is 0.386 e. The van der Waals surface area contributed by atoms with E-state index >= 15 is 8.78 Å². The van der Waals surface area contributed by atoms with Gasteiger partial charge in [0.2, 0.25) is 0 Å². The van der Waals surface area contributed by atoms with E-state index in [4.69, 9.17) is 4.74 Å². The number of anilines is 1. The van der Waals surface area contributed by atoms with Crippen molar-refractivity contribution >= 4 is 11.7 Å². The molecule has 0 fully saturated rings. The monoisotopic (exact) mass is 525 g/mol. The number of aromatic nitrogens is 3. The van der Waals surface area contributed by atoms with Gasteiger partial charge < -0.3 is 20.1 Å². The lowest BCUT2D eigenvalue weighted by Gasteiger charge is -2.28. The molecule has 2 amide bonds. The lowest BCUT2D eigenvalue weighted by atomic mass is 9.95. The molecule has 0 radical (unpaired) electrons. The Morgan fingerprint density at radius 1 is 1.25 bits per heavy atom. The van der Waals surface area contributed by atoms with Gasteiger partial charge in [-0.15, -0.1) is 0 Å². The summed E-state index contributed by atoms with van der Waals surface area (Å²) in [7, 11) is 0. The number of fused-ring (bicyclic) bond motifs is 3. The van der Waals surface area contributed by atoms with E-state index in [0.717, 1.165) is 21.8 Å². The van der Waals surface area contributed by atoms with Gasteiger partial charge in [0.25, 0.3) is 18.8 Å². The number of nitrogens with one attached hydrogen (secondary N) is 1. The number of halogens is 7. The lowest BCUT2D eigenvalue weighted by molar-refractivity contribution is -0.0926. The average molecular weight is 525 g/mol. The molecule has 8 nitrogen and oxygen atoms in total. The van der Waals surface area contributed by atoms with Gasteiger partial charge in [-0.05, 0) is 12.5 Å². The normalized spacial score (nSPS) is 21.3. The molecular weight excluding hydrogens is 503 g/mol. The number of urea groups is 1. The summed E-state index contributed by atoms with van der Waals surface area (Å²) in [5.41, 5.74) is -3.75. The van der Waals surface area contributed by atoms with E-state index in [2.05, 4.69) is 15.4 Å². The van der Waals surface area contributed by atoms with E-state index in [0.29, 0.717) is 0 Å². The Balaban J connectivity index is 1.55. The SMILES string of the molecule is O=C(Nc1ccnc(C(F)F)c1F)N1CCc2nn3c(c2C1)C(F)(F)CCC(O)(COCC(F)F)C3. The Bertz CT molecular complexity index is 1130. The fraction of sp³-hybridized carbons (Fsp3) is 0.571. The van der Waals surface area contributed by atoms with Crippen LogP contribution < -0.4 is 5.32 Å². The number of aliphatic hydroxyl groups is 1. The first kappa shape index (κ1) is 26.1. The molecule has 15 heteroatoms. The van der Waals surface area contributed by atoms with Gasteiger partial charge in [0.15, 0.2) is 5.82 Å². The zero-order valence-electron chi connectivity index (χ0n) is 18.7. The van der Waals surface area contributed by atoms with Gasteiger partial charge in [-0.1, -0.05) is 0 Å². The summed E-state index contributed by atoms with van der Waals surface area (Å²) >= 11 is 0. The van der Waals surface area contributed by atoms with Crippen LogP contribution in [0.5, 0.6) is 0 Å². The van der Waals surface area contributed by atoms with E-state index in [9.17, 15) is 31.9 Å². The van der Waals surface area contributed by atoms with E-state index in [1.807, 2.05) is 0 Å². The van der Waals surface area contributed by atoms with Gasteiger partial charge in [0, 0.05) is 31.1 Å². The van der Waals surface area contributed by atoms with Crippen molar-refractivity contribution in [2.24, 2.45) is 0 Å². The molecule has 2 N–H and O–H groups in total. The molecule has 198 valence electrons. The number of hydrogen-bond acceptors (Lipinski definition) is 5. The van der Waals surface area contributed by atoms with Gasteiger partial charge in [-0.2, -0.15) is 13.9 Å². The van der Waals surface area contributed by atoms with Crippen LogP contribution in [-0.2, 0) is 30.2 Å². The molecule has 0 saturated heterocycles. The number of ether oxygens (including phenoxy) is 1. The Labute approximate surface area is 200 Å². The highest BCUT2D eigenvalue weighted by Crippen LogP contribution is 2.42. The number of nitrogens with zero attached hydrogens (tertiary/aromatic N) is 4. The van der Waals surface area contributed by atoms with Crippen molar-refractivity contribution in [3.8, 4) is 0 Å². The molecule has 4 heterocycles. The number of hydrogen-bond donors (Lipinski definition) is 2. The predicted octanol–water partition coefficient (Wildman–Crippen LogP) is 3.84.